The van der Waals surface area contributed by atoms with Gasteiger partial charge in [-0.3, -0.25) is 0 Å². The number of thiophene rings is 1. The van der Waals surface area contributed by atoms with E-state index in [9.17, 15) is 0 Å². The minimum atomic E-state index is -0.128. The average Bonchev–Trinajstić information content (AvgIpc) is 2.55. The Kier molecular flexibility index (Phi) is 4.75. The fourth-order valence-corrected chi connectivity index (χ4v) is 5.27. The second-order valence-corrected chi connectivity index (χ2v) is 8.04. The number of benzene rings is 1. The molecular formula is C12H8Br3ClS. The summed E-state index contributed by atoms with van der Waals surface area (Å²) in [4.78, 5) is 2.40. The standard InChI is InChI=1S/C12H8Br3ClS/c1-6-2-10(15)12(17-6)11(16)7-3-8(13)5-9(14)4-7/h2-5,11H,1H3. The van der Waals surface area contributed by atoms with E-state index in [-0.39, 0.29) is 5.38 Å². The van der Waals surface area contributed by atoms with Gasteiger partial charge in [-0.2, -0.15) is 0 Å². The first-order valence-corrected chi connectivity index (χ1v) is 8.46. The van der Waals surface area contributed by atoms with Crippen molar-refractivity contribution >= 4 is 70.7 Å². The highest BCUT2D eigenvalue weighted by Gasteiger charge is 2.17. The van der Waals surface area contributed by atoms with E-state index in [2.05, 4.69) is 60.8 Å². The van der Waals surface area contributed by atoms with E-state index in [4.69, 9.17) is 11.6 Å². The van der Waals surface area contributed by atoms with Gasteiger partial charge >= 0.3 is 0 Å². The molecule has 0 spiro atoms. The molecule has 17 heavy (non-hydrogen) atoms. The van der Waals surface area contributed by atoms with Crippen molar-refractivity contribution in [2.45, 2.75) is 12.3 Å². The van der Waals surface area contributed by atoms with Crippen molar-refractivity contribution in [2.24, 2.45) is 0 Å². The molecule has 0 amide bonds. The van der Waals surface area contributed by atoms with Crippen molar-refractivity contribution < 1.29 is 0 Å². The average molecular weight is 459 g/mol. The molecule has 0 aliphatic rings. The summed E-state index contributed by atoms with van der Waals surface area (Å²) in [5, 5.41) is -0.128. The second kappa shape index (κ2) is 5.74. The first-order chi connectivity index (χ1) is 7.97. The summed E-state index contributed by atoms with van der Waals surface area (Å²) in [6.07, 6.45) is 0. The Morgan fingerprint density at radius 2 is 1.65 bits per heavy atom. The lowest BCUT2D eigenvalue weighted by atomic mass is 10.1. The van der Waals surface area contributed by atoms with Gasteiger partial charge in [0.15, 0.2) is 0 Å². The normalized spacial score (nSPS) is 12.8. The van der Waals surface area contributed by atoms with E-state index in [0.717, 1.165) is 23.9 Å². The Bertz CT molecular complexity index is 530. The van der Waals surface area contributed by atoms with Gasteiger partial charge in [-0.05, 0) is 52.7 Å². The Balaban J connectivity index is 2.43. The Labute approximate surface area is 135 Å². The summed E-state index contributed by atoms with van der Waals surface area (Å²) >= 11 is 18.8. The van der Waals surface area contributed by atoms with Crippen molar-refractivity contribution in [2.75, 3.05) is 0 Å². The molecule has 90 valence electrons. The van der Waals surface area contributed by atoms with Gasteiger partial charge < -0.3 is 0 Å². The highest BCUT2D eigenvalue weighted by molar-refractivity contribution is 9.11. The molecule has 0 fully saturated rings. The summed E-state index contributed by atoms with van der Waals surface area (Å²) in [5.74, 6) is 0. The van der Waals surface area contributed by atoms with E-state index in [0.29, 0.717) is 0 Å². The number of alkyl halides is 1. The zero-order chi connectivity index (χ0) is 12.6. The Hall–Kier alpha value is 0.650. The predicted octanol–water partition coefficient (Wildman–Crippen LogP) is 6.67. The predicted molar refractivity (Wildman–Crippen MR) is 86.3 cm³/mol. The molecule has 0 radical (unpaired) electrons. The summed E-state index contributed by atoms with van der Waals surface area (Å²) in [6, 6.07) is 8.19. The third kappa shape index (κ3) is 3.35. The molecular weight excluding hydrogens is 451 g/mol. The van der Waals surface area contributed by atoms with E-state index in [1.165, 1.54) is 4.88 Å². The molecule has 2 rings (SSSR count). The molecule has 0 aliphatic heterocycles. The number of rotatable bonds is 2. The van der Waals surface area contributed by atoms with E-state index < -0.39 is 0 Å². The maximum Gasteiger partial charge on any atom is 0.0940 e. The number of hydrogen-bond donors (Lipinski definition) is 0. The summed E-state index contributed by atoms with van der Waals surface area (Å²) in [6.45, 7) is 2.08. The number of aryl methyl sites for hydroxylation is 1. The van der Waals surface area contributed by atoms with Crippen LogP contribution in [0, 0.1) is 6.92 Å². The maximum absolute atomic E-state index is 6.53. The monoisotopic (exact) mass is 456 g/mol. The lowest BCUT2D eigenvalue weighted by Crippen LogP contribution is -1.91. The minimum Gasteiger partial charge on any atom is -0.143 e. The van der Waals surface area contributed by atoms with Gasteiger partial charge in [-0.25, -0.2) is 0 Å². The molecule has 1 aromatic heterocycles. The van der Waals surface area contributed by atoms with Crippen LogP contribution < -0.4 is 0 Å². The number of halogens is 4. The summed E-state index contributed by atoms with van der Waals surface area (Å²) in [7, 11) is 0. The van der Waals surface area contributed by atoms with Crippen LogP contribution in [0.15, 0.2) is 37.7 Å². The van der Waals surface area contributed by atoms with Crippen molar-refractivity contribution in [1.82, 2.24) is 0 Å². The topological polar surface area (TPSA) is 0 Å². The van der Waals surface area contributed by atoms with Crippen molar-refractivity contribution in [3.8, 4) is 0 Å². The molecule has 1 aromatic carbocycles. The van der Waals surface area contributed by atoms with Crippen LogP contribution >= 0.6 is 70.7 Å². The first-order valence-electron chi connectivity index (χ1n) is 4.83. The molecule has 1 heterocycles. The third-order valence-corrected chi connectivity index (χ3v) is 5.79. The van der Waals surface area contributed by atoms with Crippen LogP contribution in [0.1, 0.15) is 20.7 Å². The zero-order valence-corrected chi connectivity index (χ0v) is 15.1. The van der Waals surface area contributed by atoms with Crippen LogP contribution in [0.4, 0.5) is 0 Å². The molecule has 0 saturated heterocycles. The first kappa shape index (κ1) is 14.1. The smallest absolute Gasteiger partial charge is 0.0940 e. The van der Waals surface area contributed by atoms with Crippen molar-refractivity contribution in [3.05, 3.63) is 53.0 Å². The van der Waals surface area contributed by atoms with Crippen LogP contribution in [-0.2, 0) is 0 Å². The fraction of sp³-hybridized carbons (Fsp3) is 0.167. The summed E-state index contributed by atoms with van der Waals surface area (Å²) < 4.78 is 3.13. The second-order valence-electron chi connectivity index (χ2n) is 3.63. The van der Waals surface area contributed by atoms with Crippen LogP contribution in [0.5, 0.6) is 0 Å². The van der Waals surface area contributed by atoms with Gasteiger partial charge in [-0.1, -0.05) is 31.9 Å². The molecule has 0 aliphatic carbocycles. The quantitative estimate of drug-likeness (QED) is 0.440. The van der Waals surface area contributed by atoms with Gasteiger partial charge in [0.05, 0.1) is 5.38 Å². The molecule has 1 unspecified atom stereocenters. The minimum absolute atomic E-state index is 0.128. The highest BCUT2D eigenvalue weighted by atomic mass is 79.9. The number of hydrogen-bond acceptors (Lipinski definition) is 1. The Morgan fingerprint density at radius 3 is 2.12 bits per heavy atom. The fourth-order valence-electron chi connectivity index (χ4n) is 1.55. The largest absolute Gasteiger partial charge is 0.143 e. The molecule has 0 saturated carbocycles. The Morgan fingerprint density at radius 1 is 1.06 bits per heavy atom. The molecule has 0 nitrogen and oxygen atoms in total. The lowest BCUT2D eigenvalue weighted by Gasteiger charge is -2.10. The molecule has 1 atom stereocenters. The SMILES string of the molecule is Cc1cc(Br)c(C(Cl)c2cc(Br)cc(Br)c2)s1. The van der Waals surface area contributed by atoms with Crippen molar-refractivity contribution in [1.29, 1.82) is 0 Å². The van der Waals surface area contributed by atoms with E-state index in [1.54, 1.807) is 11.3 Å². The van der Waals surface area contributed by atoms with Gasteiger partial charge in [0.2, 0.25) is 0 Å². The van der Waals surface area contributed by atoms with Gasteiger partial charge in [0.1, 0.15) is 0 Å². The maximum atomic E-state index is 6.53. The van der Waals surface area contributed by atoms with Gasteiger partial charge in [0.25, 0.3) is 0 Å². The van der Waals surface area contributed by atoms with Crippen molar-refractivity contribution in [3.63, 3.8) is 0 Å². The zero-order valence-electron chi connectivity index (χ0n) is 8.81. The molecule has 2 aromatic rings. The van der Waals surface area contributed by atoms with Crippen LogP contribution in [0.25, 0.3) is 0 Å². The van der Waals surface area contributed by atoms with Gasteiger partial charge in [0, 0.05) is 23.2 Å². The third-order valence-electron chi connectivity index (χ3n) is 2.24. The summed E-state index contributed by atoms with van der Waals surface area (Å²) in [5.41, 5.74) is 1.08. The molecule has 0 bridgehead atoms. The van der Waals surface area contributed by atoms with Crippen LogP contribution in [-0.4, -0.2) is 0 Å². The van der Waals surface area contributed by atoms with Gasteiger partial charge in [-0.15, -0.1) is 22.9 Å². The van der Waals surface area contributed by atoms with E-state index in [1.807, 2.05) is 18.2 Å². The molecule has 5 heteroatoms. The molecule has 0 N–H and O–H groups in total. The lowest BCUT2D eigenvalue weighted by molar-refractivity contribution is 1.17. The van der Waals surface area contributed by atoms with E-state index >= 15 is 0 Å². The highest BCUT2D eigenvalue weighted by Crippen LogP contribution is 2.40. The van der Waals surface area contributed by atoms with Crippen LogP contribution in [0.3, 0.4) is 0 Å². The van der Waals surface area contributed by atoms with Crippen LogP contribution in [0.2, 0.25) is 0 Å².